The molecule has 9 heteroatoms. The van der Waals surface area contributed by atoms with Crippen LogP contribution in [0.5, 0.6) is 0 Å². The normalized spacial score (nSPS) is 21.6. The quantitative estimate of drug-likeness (QED) is 0.343. The van der Waals surface area contributed by atoms with Crippen molar-refractivity contribution in [2.24, 2.45) is 16.8 Å². The maximum Gasteiger partial charge on any atom is 0.243 e. The molecule has 1 N–H and O–H groups in total. The van der Waals surface area contributed by atoms with Crippen LogP contribution in [0.15, 0.2) is 40.2 Å². The van der Waals surface area contributed by atoms with Crippen LogP contribution in [0.2, 0.25) is 0 Å². The summed E-state index contributed by atoms with van der Waals surface area (Å²) in [5.41, 5.74) is 0. The van der Waals surface area contributed by atoms with Crippen molar-refractivity contribution in [2.45, 2.75) is 24.2 Å². The van der Waals surface area contributed by atoms with Crippen molar-refractivity contribution in [2.75, 3.05) is 53.5 Å². The first-order valence-corrected chi connectivity index (χ1v) is 11.5. The fourth-order valence-corrected chi connectivity index (χ4v) is 5.41. The van der Waals surface area contributed by atoms with E-state index in [9.17, 15) is 8.42 Å². The predicted molar refractivity (Wildman–Crippen MR) is 126 cm³/mol. The number of rotatable bonds is 6. The van der Waals surface area contributed by atoms with E-state index < -0.39 is 10.0 Å². The fraction of sp³-hybridized carbons (Fsp3) is 0.650. The van der Waals surface area contributed by atoms with Crippen LogP contribution in [-0.4, -0.2) is 77.1 Å². The van der Waals surface area contributed by atoms with Crippen molar-refractivity contribution in [3.8, 4) is 0 Å². The minimum atomic E-state index is -3.38. The lowest BCUT2D eigenvalue weighted by Gasteiger charge is -2.32. The van der Waals surface area contributed by atoms with Crippen LogP contribution in [0.4, 0.5) is 0 Å². The molecule has 3 rings (SSSR count). The van der Waals surface area contributed by atoms with Crippen molar-refractivity contribution >= 4 is 40.0 Å². The number of benzene rings is 1. The molecule has 2 aliphatic heterocycles. The number of halogens is 1. The summed E-state index contributed by atoms with van der Waals surface area (Å²) < 4.78 is 32.5. The topological polar surface area (TPSA) is 74.2 Å². The molecule has 0 bridgehead atoms. The molecule has 0 aliphatic carbocycles. The van der Waals surface area contributed by atoms with Crippen molar-refractivity contribution in [1.29, 1.82) is 0 Å². The van der Waals surface area contributed by atoms with Gasteiger partial charge in [-0.05, 0) is 37.3 Å². The summed E-state index contributed by atoms with van der Waals surface area (Å²) in [6, 6.07) is 8.70. The van der Waals surface area contributed by atoms with E-state index in [1.54, 1.807) is 35.6 Å². The summed E-state index contributed by atoms with van der Waals surface area (Å²) in [7, 11) is 0.484. The Kier molecular flexibility index (Phi) is 9.64. The maximum absolute atomic E-state index is 12.7. The van der Waals surface area contributed by atoms with Gasteiger partial charge in [0.1, 0.15) is 0 Å². The van der Waals surface area contributed by atoms with Crippen LogP contribution in [0, 0.1) is 11.8 Å². The third kappa shape index (κ3) is 6.53. The molecule has 1 aromatic rings. The van der Waals surface area contributed by atoms with Gasteiger partial charge in [-0.15, -0.1) is 24.0 Å². The van der Waals surface area contributed by atoms with Crippen molar-refractivity contribution < 1.29 is 13.2 Å². The molecule has 0 amide bonds. The van der Waals surface area contributed by atoms with Crippen molar-refractivity contribution in [1.82, 2.24) is 14.5 Å². The summed E-state index contributed by atoms with van der Waals surface area (Å²) in [6.45, 7) is 4.57. The zero-order chi connectivity index (χ0) is 20.0. The lowest BCUT2D eigenvalue weighted by molar-refractivity contribution is 0.181. The van der Waals surface area contributed by atoms with E-state index >= 15 is 0 Å². The van der Waals surface area contributed by atoms with Gasteiger partial charge in [-0.2, -0.15) is 4.31 Å². The lowest BCUT2D eigenvalue weighted by atomic mass is 9.98. The molecule has 1 atom stereocenters. The third-order valence-electron chi connectivity index (χ3n) is 5.63. The predicted octanol–water partition coefficient (Wildman–Crippen LogP) is 2.25. The molecule has 7 nitrogen and oxygen atoms in total. The molecule has 2 aliphatic rings. The highest BCUT2D eigenvalue weighted by Crippen LogP contribution is 2.23. The standard InChI is InChI=1S/C20H32N4O3S.HI/c1-21-20(23(2)15-18-10-13-27-16-18)22-14-17-8-11-24(12-9-17)28(25,26)19-6-4-3-5-7-19;/h3-7,17-18H,8-16H2,1-2H3,(H,21,22);1H. The van der Waals surface area contributed by atoms with Crippen molar-refractivity contribution in [3.63, 3.8) is 0 Å². The Hall–Kier alpha value is -0.910. The average Bonchev–Trinajstić information content (AvgIpc) is 3.22. The number of ether oxygens (including phenoxy) is 1. The summed E-state index contributed by atoms with van der Waals surface area (Å²) >= 11 is 0. The van der Waals surface area contributed by atoms with E-state index in [0.717, 1.165) is 51.5 Å². The van der Waals surface area contributed by atoms with Crippen LogP contribution in [0.1, 0.15) is 19.3 Å². The first-order chi connectivity index (χ1) is 13.5. The van der Waals surface area contributed by atoms with Gasteiger partial charge in [-0.3, -0.25) is 4.99 Å². The number of aliphatic imine (C=N–C) groups is 1. The van der Waals surface area contributed by atoms with Gasteiger partial charge in [0.25, 0.3) is 0 Å². The van der Waals surface area contributed by atoms with Gasteiger partial charge in [0.2, 0.25) is 10.0 Å². The van der Waals surface area contributed by atoms with E-state index in [2.05, 4.69) is 22.3 Å². The van der Waals surface area contributed by atoms with Gasteiger partial charge in [0.05, 0.1) is 11.5 Å². The van der Waals surface area contributed by atoms with E-state index in [0.29, 0.717) is 29.8 Å². The third-order valence-corrected chi connectivity index (χ3v) is 7.55. The molecular formula is C20H33IN4O3S. The summed E-state index contributed by atoms with van der Waals surface area (Å²) in [4.78, 5) is 6.93. The van der Waals surface area contributed by atoms with E-state index in [1.807, 2.05) is 6.07 Å². The highest BCUT2D eigenvalue weighted by molar-refractivity contribution is 14.0. The molecule has 0 radical (unpaired) electrons. The number of piperidine rings is 1. The first-order valence-electron chi connectivity index (χ1n) is 10.1. The molecule has 1 aromatic carbocycles. The number of hydrogen-bond acceptors (Lipinski definition) is 4. The van der Waals surface area contributed by atoms with Gasteiger partial charge in [-0.1, -0.05) is 18.2 Å². The highest BCUT2D eigenvalue weighted by atomic mass is 127. The molecule has 29 heavy (non-hydrogen) atoms. The highest BCUT2D eigenvalue weighted by Gasteiger charge is 2.29. The Morgan fingerprint density at radius 1 is 1.21 bits per heavy atom. The van der Waals surface area contributed by atoms with E-state index in [4.69, 9.17) is 4.74 Å². The van der Waals surface area contributed by atoms with Crippen molar-refractivity contribution in [3.05, 3.63) is 30.3 Å². The smallest absolute Gasteiger partial charge is 0.243 e. The molecule has 164 valence electrons. The van der Waals surface area contributed by atoms with E-state index in [1.165, 1.54) is 0 Å². The summed E-state index contributed by atoms with van der Waals surface area (Å²) in [5.74, 6) is 1.91. The molecule has 2 fully saturated rings. The Balaban J connectivity index is 0.00000300. The van der Waals surface area contributed by atoms with Gasteiger partial charge in [0.15, 0.2) is 5.96 Å². The summed E-state index contributed by atoms with van der Waals surface area (Å²) in [5, 5.41) is 3.47. The Morgan fingerprint density at radius 2 is 1.90 bits per heavy atom. The number of hydrogen-bond donors (Lipinski definition) is 1. The monoisotopic (exact) mass is 536 g/mol. The minimum absolute atomic E-state index is 0. The SMILES string of the molecule is CN=C(NCC1CCN(S(=O)(=O)c2ccccc2)CC1)N(C)CC1CCOC1.I. The zero-order valence-corrected chi connectivity index (χ0v) is 20.4. The lowest BCUT2D eigenvalue weighted by Crippen LogP contribution is -2.45. The molecule has 0 aromatic heterocycles. The molecular weight excluding hydrogens is 503 g/mol. The molecule has 2 saturated heterocycles. The molecule has 1 unspecified atom stereocenters. The minimum Gasteiger partial charge on any atom is -0.381 e. The molecule has 2 heterocycles. The van der Waals surface area contributed by atoms with Crippen LogP contribution in [-0.2, 0) is 14.8 Å². The first kappa shape index (κ1) is 24.4. The Labute approximate surface area is 192 Å². The van der Waals surface area contributed by atoms with Gasteiger partial charge < -0.3 is 15.0 Å². The van der Waals surface area contributed by atoms with Gasteiger partial charge in [-0.25, -0.2) is 8.42 Å². The number of sulfonamides is 1. The summed E-state index contributed by atoms with van der Waals surface area (Å²) in [6.07, 6.45) is 2.82. The largest absolute Gasteiger partial charge is 0.381 e. The molecule has 0 saturated carbocycles. The van der Waals surface area contributed by atoms with Crippen LogP contribution in [0.25, 0.3) is 0 Å². The van der Waals surface area contributed by atoms with Gasteiger partial charge in [0, 0.05) is 52.8 Å². The van der Waals surface area contributed by atoms with Gasteiger partial charge >= 0.3 is 0 Å². The second kappa shape index (κ2) is 11.5. The van der Waals surface area contributed by atoms with Crippen LogP contribution in [0.3, 0.4) is 0 Å². The average molecular weight is 536 g/mol. The molecule has 0 spiro atoms. The number of nitrogens with zero attached hydrogens (tertiary/aromatic N) is 3. The fourth-order valence-electron chi connectivity index (χ4n) is 3.92. The van der Waals surface area contributed by atoms with E-state index in [-0.39, 0.29) is 24.0 Å². The second-order valence-corrected chi connectivity index (χ2v) is 9.64. The van der Waals surface area contributed by atoms with Crippen LogP contribution >= 0.6 is 24.0 Å². The second-order valence-electron chi connectivity index (χ2n) is 7.70. The van der Waals surface area contributed by atoms with Crippen LogP contribution < -0.4 is 5.32 Å². The maximum atomic E-state index is 12.7. The zero-order valence-electron chi connectivity index (χ0n) is 17.3. The Morgan fingerprint density at radius 3 is 2.48 bits per heavy atom. The Bertz CT molecular complexity index is 746. The number of nitrogens with one attached hydrogen (secondary N) is 1. The number of guanidine groups is 1.